The van der Waals surface area contributed by atoms with Crippen LogP contribution in [-0.4, -0.2) is 17.6 Å². The summed E-state index contributed by atoms with van der Waals surface area (Å²) in [4.78, 5) is 14.1. The van der Waals surface area contributed by atoms with Crippen LogP contribution in [0.2, 0.25) is 0 Å². The number of aliphatic hydroxyl groups excluding tert-OH is 1. The van der Waals surface area contributed by atoms with E-state index >= 15 is 0 Å². The van der Waals surface area contributed by atoms with Crippen LogP contribution in [-0.2, 0) is 4.79 Å². The van der Waals surface area contributed by atoms with Gasteiger partial charge in [0.05, 0.1) is 12.0 Å². The number of likely N-dealkylation sites (N-methyl/N-ethyl adjacent to an activating group) is 1. The van der Waals surface area contributed by atoms with E-state index in [2.05, 4.69) is 0 Å². The molecule has 0 aliphatic carbocycles. The zero-order valence-corrected chi connectivity index (χ0v) is 11.3. The molecule has 1 heterocycles. The van der Waals surface area contributed by atoms with Gasteiger partial charge in [0.25, 0.3) is 0 Å². The highest BCUT2D eigenvalue weighted by molar-refractivity contribution is 6.04. The van der Waals surface area contributed by atoms with Gasteiger partial charge in [0.15, 0.2) is 0 Å². The molecule has 2 atom stereocenters. The van der Waals surface area contributed by atoms with Crippen molar-refractivity contribution in [1.82, 2.24) is 0 Å². The number of aliphatic hydroxyl groups is 1. The summed E-state index contributed by atoms with van der Waals surface area (Å²) in [5, 5.41) is 9.91. The molecule has 1 aromatic carbocycles. The molecular weight excluding hydrogens is 226 g/mol. The van der Waals surface area contributed by atoms with Crippen LogP contribution in [0.15, 0.2) is 18.2 Å². The normalized spacial score (nSPS) is 20.1. The monoisotopic (exact) mass is 247 g/mol. The van der Waals surface area contributed by atoms with Gasteiger partial charge in [-0.2, -0.15) is 0 Å². The molecule has 2 rings (SSSR count). The topological polar surface area (TPSA) is 40.5 Å². The highest BCUT2D eigenvalue weighted by Gasteiger charge is 2.35. The fourth-order valence-corrected chi connectivity index (χ4v) is 2.70. The van der Waals surface area contributed by atoms with Crippen LogP contribution in [0.3, 0.4) is 0 Å². The highest BCUT2D eigenvalue weighted by Crippen LogP contribution is 2.40. The Morgan fingerprint density at radius 2 is 2.06 bits per heavy atom. The first-order chi connectivity index (χ1) is 8.63. The average Bonchev–Trinajstić information content (AvgIpc) is 2.67. The van der Waals surface area contributed by atoms with Gasteiger partial charge in [-0.15, -0.1) is 0 Å². The molecular formula is C15H21NO2. The first-order valence-corrected chi connectivity index (χ1v) is 6.77. The van der Waals surface area contributed by atoms with Gasteiger partial charge in [0, 0.05) is 12.2 Å². The summed E-state index contributed by atoms with van der Waals surface area (Å²) in [5.41, 5.74) is 3.01. The number of hydrogen-bond donors (Lipinski definition) is 1. The molecule has 0 saturated heterocycles. The maximum atomic E-state index is 12.2. The van der Waals surface area contributed by atoms with Gasteiger partial charge >= 0.3 is 0 Å². The van der Waals surface area contributed by atoms with E-state index < -0.39 is 6.10 Å². The van der Waals surface area contributed by atoms with E-state index in [1.165, 1.54) is 0 Å². The third-order valence-electron chi connectivity index (χ3n) is 3.78. The van der Waals surface area contributed by atoms with Crippen LogP contribution in [0.5, 0.6) is 0 Å². The van der Waals surface area contributed by atoms with E-state index in [-0.39, 0.29) is 11.8 Å². The van der Waals surface area contributed by atoms with Crippen LogP contribution >= 0.6 is 0 Å². The van der Waals surface area contributed by atoms with Gasteiger partial charge in [-0.3, -0.25) is 4.79 Å². The quantitative estimate of drug-likeness (QED) is 0.888. The summed E-state index contributed by atoms with van der Waals surface area (Å²) in [5.74, 6) is 0.155. The average molecular weight is 247 g/mol. The first-order valence-electron chi connectivity index (χ1n) is 6.77. The summed E-state index contributed by atoms with van der Waals surface area (Å²) in [6, 6.07) is 5.91. The van der Waals surface area contributed by atoms with Crippen molar-refractivity contribution < 1.29 is 9.90 Å². The van der Waals surface area contributed by atoms with E-state index in [1.807, 2.05) is 43.9 Å². The maximum Gasteiger partial charge on any atom is 0.234 e. The summed E-state index contributed by atoms with van der Waals surface area (Å²) in [6.07, 6.45) is 1.08. The molecule has 0 aromatic heterocycles. The van der Waals surface area contributed by atoms with Crippen molar-refractivity contribution in [2.24, 2.45) is 0 Å². The molecule has 3 nitrogen and oxygen atoms in total. The zero-order valence-electron chi connectivity index (χ0n) is 11.3. The Labute approximate surface area is 108 Å². The highest BCUT2D eigenvalue weighted by atomic mass is 16.3. The molecule has 1 aliphatic rings. The summed E-state index contributed by atoms with van der Waals surface area (Å²) < 4.78 is 0. The summed E-state index contributed by atoms with van der Waals surface area (Å²) in [6.45, 7) is 6.69. The van der Waals surface area contributed by atoms with Gasteiger partial charge in [0.2, 0.25) is 5.91 Å². The van der Waals surface area contributed by atoms with E-state index in [1.54, 1.807) is 0 Å². The number of benzene rings is 1. The molecule has 0 saturated carbocycles. The van der Waals surface area contributed by atoms with Crippen molar-refractivity contribution in [3.63, 3.8) is 0 Å². The smallest absolute Gasteiger partial charge is 0.234 e. The van der Waals surface area contributed by atoms with Crippen molar-refractivity contribution in [3.8, 4) is 0 Å². The molecule has 98 valence electrons. The van der Waals surface area contributed by atoms with Crippen molar-refractivity contribution in [1.29, 1.82) is 0 Å². The Kier molecular flexibility index (Phi) is 3.71. The number of nitrogens with zero attached hydrogens (tertiary/aromatic N) is 1. The lowest BCUT2D eigenvalue weighted by molar-refractivity contribution is -0.119. The lowest BCUT2D eigenvalue weighted by Gasteiger charge is -2.15. The maximum absolute atomic E-state index is 12.2. The van der Waals surface area contributed by atoms with Crippen molar-refractivity contribution >= 4 is 11.6 Å². The van der Waals surface area contributed by atoms with Crippen LogP contribution < -0.4 is 4.90 Å². The Balaban J connectivity index is 2.46. The third-order valence-corrected chi connectivity index (χ3v) is 3.78. The minimum atomic E-state index is -0.432. The second kappa shape index (κ2) is 5.11. The van der Waals surface area contributed by atoms with Crippen LogP contribution in [0.25, 0.3) is 0 Å². The minimum absolute atomic E-state index is 0.0380. The molecule has 18 heavy (non-hydrogen) atoms. The lowest BCUT2D eigenvalue weighted by atomic mass is 9.94. The summed E-state index contributed by atoms with van der Waals surface area (Å²) in [7, 11) is 0. The molecule has 1 amide bonds. The minimum Gasteiger partial charge on any atom is -0.388 e. The number of rotatable bonds is 4. The number of fused-ring (bicyclic) bond motifs is 1. The van der Waals surface area contributed by atoms with E-state index in [4.69, 9.17) is 0 Å². The molecule has 0 radical (unpaired) electrons. The first kappa shape index (κ1) is 13.1. The van der Waals surface area contributed by atoms with E-state index in [9.17, 15) is 9.90 Å². The van der Waals surface area contributed by atoms with Crippen LogP contribution in [0, 0.1) is 0 Å². The molecule has 1 aromatic rings. The van der Waals surface area contributed by atoms with Gasteiger partial charge in [-0.1, -0.05) is 26.0 Å². The predicted molar refractivity (Wildman–Crippen MR) is 72.8 cm³/mol. The molecule has 3 heteroatoms. The molecule has 1 N–H and O–H groups in total. The Hall–Kier alpha value is -1.35. The second-order valence-electron chi connectivity index (χ2n) is 4.79. The molecule has 0 bridgehead atoms. The van der Waals surface area contributed by atoms with Gasteiger partial charge in [-0.25, -0.2) is 0 Å². The fraction of sp³-hybridized carbons (Fsp3) is 0.533. The van der Waals surface area contributed by atoms with Crippen LogP contribution in [0.1, 0.15) is 56.8 Å². The lowest BCUT2D eigenvalue weighted by Crippen LogP contribution is -2.28. The fourth-order valence-electron chi connectivity index (χ4n) is 2.70. The molecule has 0 fully saturated rings. The Bertz CT molecular complexity index is 456. The van der Waals surface area contributed by atoms with E-state index in [0.29, 0.717) is 13.0 Å². The Morgan fingerprint density at radius 3 is 2.61 bits per heavy atom. The number of anilines is 1. The number of hydrogen-bond acceptors (Lipinski definition) is 2. The van der Waals surface area contributed by atoms with Gasteiger partial charge in [0.1, 0.15) is 0 Å². The van der Waals surface area contributed by atoms with Crippen molar-refractivity contribution in [2.45, 2.75) is 45.6 Å². The molecule has 2 unspecified atom stereocenters. The SMILES string of the molecule is CCC(O)c1ccc2c(c1)C(CC)C(=O)N2CC. The van der Waals surface area contributed by atoms with Crippen LogP contribution in [0.4, 0.5) is 5.69 Å². The zero-order chi connectivity index (χ0) is 13.3. The third kappa shape index (κ3) is 1.93. The van der Waals surface area contributed by atoms with Crippen molar-refractivity contribution in [2.75, 3.05) is 11.4 Å². The largest absolute Gasteiger partial charge is 0.388 e. The number of amides is 1. The number of carbonyl (C=O) groups is 1. The Morgan fingerprint density at radius 1 is 1.33 bits per heavy atom. The van der Waals surface area contributed by atoms with Gasteiger partial charge in [-0.05, 0) is 37.0 Å². The predicted octanol–water partition coefficient (Wildman–Crippen LogP) is 2.99. The standard InChI is InChI=1S/C15H21NO2/c1-4-11-12-9-10(14(17)5-2)7-8-13(12)16(6-3)15(11)18/h7-9,11,14,17H,4-6H2,1-3H3. The van der Waals surface area contributed by atoms with Gasteiger partial charge < -0.3 is 10.0 Å². The molecule has 0 spiro atoms. The van der Waals surface area contributed by atoms with E-state index in [0.717, 1.165) is 23.2 Å². The van der Waals surface area contributed by atoms with Crippen molar-refractivity contribution in [3.05, 3.63) is 29.3 Å². The second-order valence-corrected chi connectivity index (χ2v) is 4.79. The molecule has 1 aliphatic heterocycles. The summed E-state index contributed by atoms with van der Waals surface area (Å²) >= 11 is 0. The number of carbonyl (C=O) groups excluding carboxylic acids is 1.